The SMILES string of the molecule is C=CCOC(=O)c1ccc(-c2ccc(N)cc2OC)o1. The molecule has 5 heteroatoms. The van der Waals surface area contributed by atoms with E-state index < -0.39 is 5.97 Å². The fourth-order valence-electron chi connectivity index (χ4n) is 1.71. The molecule has 0 amide bonds. The van der Waals surface area contributed by atoms with Gasteiger partial charge >= 0.3 is 5.97 Å². The smallest absolute Gasteiger partial charge is 0.374 e. The lowest BCUT2D eigenvalue weighted by Crippen LogP contribution is -2.03. The Kier molecular flexibility index (Phi) is 4.10. The third-order valence-corrected chi connectivity index (χ3v) is 2.63. The molecule has 2 N–H and O–H groups in total. The molecule has 2 rings (SSSR count). The van der Waals surface area contributed by atoms with Crippen LogP contribution in [0.25, 0.3) is 11.3 Å². The van der Waals surface area contributed by atoms with Crippen molar-refractivity contribution in [2.24, 2.45) is 0 Å². The van der Waals surface area contributed by atoms with Crippen molar-refractivity contribution in [3.8, 4) is 17.1 Å². The van der Waals surface area contributed by atoms with Gasteiger partial charge in [-0.1, -0.05) is 12.7 Å². The molecule has 0 aliphatic carbocycles. The number of nitrogen functional groups attached to an aromatic ring is 1. The molecule has 104 valence electrons. The van der Waals surface area contributed by atoms with Gasteiger partial charge in [-0.15, -0.1) is 0 Å². The number of nitrogens with two attached hydrogens (primary N) is 1. The quantitative estimate of drug-likeness (QED) is 0.515. The van der Waals surface area contributed by atoms with E-state index in [9.17, 15) is 4.79 Å². The zero-order valence-corrected chi connectivity index (χ0v) is 11.1. The predicted octanol–water partition coefficient (Wildman–Crippen LogP) is 2.88. The zero-order valence-electron chi connectivity index (χ0n) is 11.1. The van der Waals surface area contributed by atoms with E-state index in [1.165, 1.54) is 6.08 Å². The van der Waals surface area contributed by atoms with Gasteiger partial charge in [0.25, 0.3) is 0 Å². The summed E-state index contributed by atoms with van der Waals surface area (Å²) in [6.07, 6.45) is 1.49. The molecule has 0 saturated heterocycles. The van der Waals surface area contributed by atoms with E-state index >= 15 is 0 Å². The van der Waals surface area contributed by atoms with Crippen molar-refractivity contribution in [2.75, 3.05) is 19.5 Å². The summed E-state index contributed by atoms with van der Waals surface area (Å²) in [5, 5.41) is 0. The van der Waals surface area contributed by atoms with Crippen molar-refractivity contribution in [2.45, 2.75) is 0 Å². The van der Waals surface area contributed by atoms with E-state index in [1.54, 1.807) is 37.4 Å². The Hall–Kier alpha value is -2.69. The van der Waals surface area contributed by atoms with Crippen molar-refractivity contribution in [1.82, 2.24) is 0 Å². The maximum absolute atomic E-state index is 11.6. The maximum atomic E-state index is 11.6. The third-order valence-electron chi connectivity index (χ3n) is 2.63. The van der Waals surface area contributed by atoms with E-state index in [0.29, 0.717) is 22.8 Å². The van der Waals surface area contributed by atoms with Crippen LogP contribution in [0.15, 0.2) is 47.4 Å². The van der Waals surface area contributed by atoms with Crippen LogP contribution in [0.4, 0.5) is 5.69 Å². The number of hydrogen-bond acceptors (Lipinski definition) is 5. The van der Waals surface area contributed by atoms with E-state index in [0.717, 1.165) is 0 Å². The number of benzene rings is 1. The summed E-state index contributed by atoms with van der Waals surface area (Å²) in [5.74, 6) is 0.670. The fourth-order valence-corrected chi connectivity index (χ4v) is 1.71. The van der Waals surface area contributed by atoms with Gasteiger partial charge < -0.3 is 19.6 Å². The second-order valence-corrected chi connectivity index (χ2v) is 4.01. The molecule has 20 heavy (non-hydrogen) atoms. The molecule has 0 spiro atoms. The number of furan rings is 1. The highest BCUT2D eigenvalue weighted by Gasteiger charge is 2.15. The Labute approximate surface area is 116 Å². The number of methoxy groups -OCH3 is 1. The normalized spacial score (nSPS) is 10.1. The molecule has 1 heterocycles. The number of esters is 1. The molecule has 5 nitrogen and oxygen atoms in total. The van der Waals surface area contributed by atoms with Crippen LogP contribution in [0.5, 0.6) is 5.75 Å². The average molecular weight is 273 g/mol. The molecule has 1 aromatic heterocycles. The maximum Gasteiger partial charge on any atom is 0.374 e. The lowest BCUT2D eigenvalue weighted by Gasteiger charge is -2.06. The van der Waals surface area contributed by atoms with Crippen LogP contribution in [-0.4, -0.2) is 19.7 Å². The first-order chi connectivity index (χ1) is 9.65. The van der Waals surface area contributed by atoms with Crippen molar-refractivity contribution >= 4 is 11.7 Å². The van der Waals surface area contributed by atoms with Gasteiger partial charge in [0.2, 0.25) is 5.76 Å². The standard InChI is InChI=1S/C15H15NO4/c1-3-8-19-15(17)13-7-6-12(20-13)11-5-4-10(16)9-14(11)18-2/h3-7,9H,1,8,16H2,2H3. The summed E-state index contributed by atoms with van der Waals surface area (Å²) in [4.78, 5) is 11.6. The first kappa shape index (κ1) is 13.7. The summed E-state index contributed by atoms with van der Waals surface area (Å²) < 4.78 is 15.6. The Morgan fingerprint density at radius 2 is 2.20 bits per heavy atom. The zero-order chi connectivity index (χ0) is 14.5. The second kappa shape index (κ2) is 5.97. The van der Waals surface area contributed by atoms with E-state index in [1.807, 2.05) is 0 Å². The predicted molar refractivity (Wildman–Crippen MR) is 75.6 cm³/mol. The third kappa shape index (κ3) is 2.83. The first-order valence-electron chi connectivity index (χ1n) is 5.97. The highest BCUT2D eigenvalue weighted by Crippen LogP contribution is 2.32. The summed E-state index contributed by atoms with van der Waals surface area (Å²) in [6, 6.07) is 8.42. The molecule has 0 unspecified atom stereocenters. The largest absolute Gasteiger partial charge is 0.496 e. The van der Waals surface area contributed by atoms with Crippen LogP contribution >= 0.6 is 0 Å². The van der Waals surface area contributed by atoms with Crippen LogP contribution in [0.2, 0.25) is 0 Å². The van der Waals surface area contributed by atoms with Gasteiger partial charge in [-0.25, -0.2) is 4.79 Å². The Morgan fingerprint density at radius 1 is 1.40 bits per heavy atom. The highest BCUT2D eigenvalue weighted by atomic mass is 16.5. The Bertz CT molecular complexity index is 631. The van der Waals surface area contributed by atoms with Crippen molar-refractivity contribution < 1.29 is 18.7 Å². The van der Waals surface area contributed by atoms with E-state index in [2.05, 4.69) is 6.58 Å². The van der Waals surface area contributed by atoms with Gasteiger partial charge in [0, 0.05) is 11.8 Å². The van der Waals surface area contributed by atoms with E-state index in [4.69, 9.17) is 19.6 Å². The lowest BCUT2D eigenvalue weighted by molar-refractivity contribution is 0.0514. The van der Waals surface area contributed by atoms with Gasteiger partial charge in [-0.3, -0.25) is 0 Å². The lowest BCUT2D eigenvalue weighted by atomic mass is 10.1. The number of anilines is 1. The molecule has 1 aromatic carbocycles. The number of ether oxygens (including phenoxy) is 2. The van der Waals surface area contributed by atoms with Gasteiger partial charge in [0.15, 0.2) is 0 Å². The summed E-state index contributed by atoms with van der Waals surface area (Å²) in [5.41, 5.74) is 6.99. The fraction of sp³-hybridized carbons (Fsp3) is 0.133. The topological polar surface area (TPSA) is 74.7 Å². The van der Waals surface area contributed by atoms with E-state index in [-0.39, 0.29) is 12.4 Å². The van der Waals surface area contributed by atoms with Gasteiger partial charge in [-0.2, -0.15) is 0 Å². The Morgan fingerprint density at radius 3 is 2.90 bits per heavy atom. The molecular weight excluding hydrogens is 258 g/mol. The molecule has 0 saturated carbocycles. The van der Waals surface area contributed by atoms with Crippen LogP contribution in [0, 0.1) is 0 Å². The van der Waals surface area contributed by atoms with Crippen molar-refractivity contribution in [3.05, 3.63) is 48.7 Å². The number of carbonyl (C=O) groups is 1. The minimum absolute atomic E-state index is 0.126. The minimum Gasteiger partial charge on any atom is -0.496 e. The minimum atomic E-state index is -0.537. The van der Waals surface area contributed by atoms with Gasteiger partial charge in [-0.05, 0) is 24.3 Å². The molecular formula is C15H15NO4. The van der Waals surface area contributed by atoms with Gasteiger partial charge in [0.05, 0.1) is 12.7 Å². The monoisotopic (exact) mass is 273 g/mol. The van der Waals surface area contributed by atoms with Crippen LogP contribution < -0.4 is 10.5 Å². The van der Waals surface area contributed by atoms with Crippen LogP contribution in [-0.2, 0) is 4.74 Å². The number of rotatable bonds is 5. The second-order valence-electron chi connectivity index (χ2n) is 4.01. The Balaban J connectivity index is 2.29. The molecule has 0 aliphatic rings. The summed E-state index contributed by atoms with van der Waals surface area (Å²) in [7, 11) is 1.54. The summed E-state index contributed by atoms with van der Waals surface area (Å²) >= 11 is 0. The van der Waals surface area contributed by atoms with Crippen LogP contribution in [0.1, 0.15) is 10.6 Å². The summed E-state index contributed by atoms with van der Waals surface area (Å²) in [6.45, 7) is 3.61. The number of hydrogen-bond donors (Lipinski definition) is 1. The van der Waals surface area contributed by atoms with Crippen molar-refractivity contribution in [1.29, 1.82) is 0 Å². The first-order valence-corrected chi connectivity index (χ1v) is 5.97. The molecule has 0 atom stereocenters. The highest BCUT2D eigenvalue weighted by molar-refractivity contribution is 5.87. The molecule has 0 aliphatic heterocycles. The number of carbonyl (C=O) groups excluding carboxylic acids is 1. The molecule has 0 fully saturated rings. The van der Waals surface area contributed by atoms with Gasteiger partial charge in [0.1, 0.15) is 18.1 Å². The average Bonchev–Trinajstić information content (AvgIpc) is 2.94. The van der Waals surface area contributed by atoms with Crippen molar-refractivity contribution in [3.63, 3.8) is 0 Å². The molecule has 2 aromatic rings. The molecule has 0 radical (unpaired) electrons. The van der Waals surface area contributed by atoms with Crippen LogP contribution in [0.3, 0.4) is 0 Å². The molecule has 0 bridgehead atoms.